The third kappa shape index (κ3) is 3.54. The Hall–Kier alpha value is -1.60. The maximum absolute atomic E-state index is 3.72. The van der Waals surface area contributed by atoms with E-state index in [0.29, 0.717) is 12.0 Å². The zero-order valence-corrected chi connectivity index (χ0v) is 13.7. The molecule has 2 aromatic rings. The SMILES string of the molecule is CCNC(c1cccc(C)c1C)C(CC)c1ccccc1. The number of benzene rings is 2. The Morgan fingerprint density at radius 3 is 2.24 bits per heavy atom. The van der Waals surface area contributed by atoms with E-state index in [2.05, 4.69) is 81.5 Å². The molecule has 1 N–H and O–H groups in total. The summed E-state index contributed by atoms with van der Waals surface area (Å²) in [6, 6.07) is 17.9. The van der Waals surface area contributed by atoms with Crippen LogP contribution in [0.25, 0.3) is 0 Å². The van der Waals surface area contributed by atoms with Gasteiger partial charge in [0.1, 0.15) is 0 Å². The van der Waals surface area contributed by atoms with Crippen molar-refractivity contribution in [2.75, 3.05) is 6.54 Å². The van der Waals surface area contributed by atoms with Crippen molar-refractivity contribution in [1.29, 1.82) is 0 Å². The summed E-state index contributed by atoms with van der Waals surface area (Å²) in [5.74, 6) is 0.506. The van der Waals surface area contributed by atoms with Gasteiger partial charge in [0.2, 0.25) is 0 Å². The van der Waals surface area contributed by atoms with E-state index in [1.807, 2.05) is 0 Å². The van der Waals surface area contributed by atoms with Crippen LogP contribution in [-0.4, -0.2) is 6.54 Å². The van der Waals surface area contributed by atoms with Crippen LogP contribution in [0.1, 0.15) is 54.5 Å². The molecule has 0 spiro atoms. The Morgan fingerprint density at radius 2 is 1.62 bits per heavy atom. The maximum atomic E-state index is 3.72. The number of likely N-dealkylation sites (N-methyl/N-ethyl adjacent to an activating group) is 1. The average molecular weight is 281 g/mol. The van der Waals surface area contributed by atoms with Crippen LogP contribution in [0, 0.1) is 13.8 Å². The van der Waals surface area contributed by atoms with Gasteiger partial charge in [-0.2, -0.15) is 0 Å². The molecule has 1 nitrogen and oxygen atoms in total. The zero-order chi connectivity index (χ0) is 15.2. The predicted molar refractivity (Wildman–Crippen MR) is 91.8 cm³/mol. The summed E-state index contributed by atoms with van der Waals surface area (Å²) in [7, 11) is 0. The molecule has 0 amide bonds. The van der Waals surface area contributed by atoms with Crippen molar-refractivity contribution in [3.63, 3.8) is 0 Å². The maximum Gasteiger partial charge on any atom is 0.0392 e. The zero-order valence-electron chi connectivity index (χ0n) is 13.7. The van der Waals surface area contributed by atoms with Crippen molar-refractivity contribution in [2.45, 2.75) is 46.1 Å². The molecule has 0 heterocycles. The van der Waals surface area contributed by atoms with E-state index in [9.17, 15) is 0 Å². The molecule has 112 valence electrons. The van der Waals surface area contributed by atoms with Crippen molar-refractivity contribution in [2.24, 2.45) is 0 Å². The number of nitrogens with one attached hydrogen (secondary N) is 1. The van der Waals surface area contributed by atoms with Crippen molar-refractivity contribution in [3.05, 3.63) is 70.8 Å². The molecule has 2 rings (SSSR count). The number of aryl methyl sites for hydroxylation is 1. The largest absolute Gasteiger partial charge is 0.310 e. The lowest BCUT2D eigenvalue weighted by Crippen LogP contribution is -2.27. The van der Waals surface area contributed by atoms with Gasteiger partial charge in [-0.05, 0) is 49.1 Å². The first-order chi connectivity index (χ1) is 10.2. The van der Waals surface area contributed by atoms with Crippen molar-refractivity contribution < 1.29 is 0 Å². The van der Waals surface area contributed by atoms with E-state index in [-0.39, 0.29) is 0 Å². The minimum absolute atomic E-state index is 0.377. The van der Waals surface area contributed by atoms with Crippen LogP contribution in [0.5, 0.6) is 0 Å². The van der Waals surface area contributed by atoms with Crippen LogP contribution in [-0.2, 0) is 0 Å². The smallest absolute Gasteiger partial charge is 0.0392 e. The Bertz CT molecular complexity index is 559. The summed E-state index contributed by atoms with van der Waals surface area (Å²) >= 11 is 0. The fourth-order valence-corrected chi connectivity index (χ4v) is 3.16. The van der Waals surface area contributed by atoms with Gasteiger partial charge in [0.25, 0.3) is 0 Å². The van der Waals surface area contributed by atoms with Crippen LogP contribution in [0.3, 0.4) is 0 Å². The first-order valence-corrected chi connectivity index (χ1v) is 8.03. The molecule has 2 unspecified atom stereocenters. The fourth-order valence-electron chi connectivity index (χ4n) is 3.16. The molecule has 0 aromatic heterocycles. The Morgan fingerprint density at radius 1 is 0.905 bits per heavy atom. The molecule has 0 aliphatic heterocycles. The molecular weight excluding hydrogens is 254 g/mol. The van der Waals surface area contributed by atoms with Crippen LogP contribution >= 0.6 is 0 Å². The molecule has 1 heteroatoms. The molecule has 2 aromatic carbocycles. The van der Waals surface area contributed by atoms with Crippen molar-refractivity contribution >= 4 is 0 Å². The molecule has 0 aliphatic carbocycles. The molecule has 2 atom stereocenters. The molecule has 21 heavy (non-hydrogen) atoms. The van der Waals surface area contributed by atoms with E-state index in [1.54, 1.807) is 0 Å². The molecule has 0 saturated heterocycles. The minimum atomic E-state index is 0.377. The van der Waals surface area contributed by atoms with Crippen LogP contribution in [0.4, 0.5) is 0 Å². The van der Waals surface area contributed by atoms with Crippen LogP contribution < -0.4 is 5.32 Å². The van der Waals surface area contributed by atoms with E-state index < -0.39 is 0 Å². The van der Waals surface area contributed by atoms with Gasteiger partial charge >= 0.3 is 0 Å². The summed E-state index contributed by atoms with van der Waals surface area (Å²) in [5.41, 5.74) is 5.65. The molecular formula is C20H27N. The third-order valence-electron chi connectivity index (χ3n) is 4.48. The standard InChI is InChI=1S/C20H27N/c1-5-18(17-12-8-7-9-13-17)20(21-6-2)19-14-10-11-15(3)16(19)4/h7-14,18,20-21H,5-6H2,1-4H3. The molecule has 0 saturated carbocycles. The first-order valence-electron chi connectivity index (χ1n) is 8.03. The molecule has 0 radical (unpaired) electrons. The van der Waals surface area contributed by atoms with Gasteiger partial charge in [-0.15, -0.1) is 0 Å². The number of hydrogen-bond donors (Lipinski definition) is 1. The minimum Gasteiger partial charge on any atom is -0.310 e. The summed E-state index contributed by atoms with van der Waals surface area (Å²) in [5, 5.41) is 3.72. The second-order valence-electron chi connectivity index (χ2n) is 5.75. The average Bonchev–Trinajstić information content (AvgIpc) is 2.51. The van der Waals surface area contributed by atoms with E-state index in [4.69, 9.17) is 0 Å². The Labute approximate surface area is 129 Å². The van der Waals surface area contributed by atoms with Gasteiger partial charge in [0, 0.05) is 12.0 Å². The first kappa shape index (κ1) is 15.8. The molecule has 0 aliphatic rings. The summed E-state index contributed by atoms with van der Waals surface area (Å²) < 4.78 is 0. The van der Waals surface area contributed by atoms with Gasteiger partial charge in [-0.1, -0.05) is 62.4 Å². The highest BCUT2D eigenvalue weighted by atomic mass is 14.9. The lowest BCUT2D eigenvalue weighted by molar-refractivity contribution is 0.443. The van der Waals surface area contributed by atoms with Gasteiger partial charge in [0.05, 0.1) is 0 Å². The van der Waals surface area contributed by atoms with Crippen LogP contribution in [0.2, 0.25) is 0 Å². The lowest BCUT2D eigenvalue weighted by Gasteiger charge is -2.29. The van der Waals surface area contributed by atoms with Gasteiger partial charge in [-0.3, -0.25) is 0 Å². The third-order valence-corrected chi connectivity index (χ3v) is 4.48. The Kier molecular flexibility index (Phi) is 5.58. The summed E-state index contributed by atoms with van der Waals surface area (Å²) in [4.78, 5) is 0. The van der Waals surface area contributed by atoms with Gasteiger partial charge in [0.15, 0.2) is 0 Å². The normalized spacial score (nSPS) is 13.9. The van der Waals surface area contributed by atoms with Gasteiger partial charge < -0.3 is 5.32 Å². The Balaban J connectivity index is 2.44. The van der Waals surface area contributed by atoms with E-state index in [1.165, 1.54) is 22.3 Å². The fraction of sp³-hybridized carbons (Fsp3) is 0.400. The van der Waals surface area contributed by atoms with E-state index >= 15 is 0 Å². The highest BCUT2D eigenvalue weighted by Gasteiger charge is 2.24. The molecule has 0 bridgehead atoms. The van der Waals surface area contributed by atoms with Crippen LogP contribution in [0.15, 0.2) is 48.5 Å². The quantitative estimate of drug-likeness (QED) is 0.772. The number of rotatable bonds is 6. The second-order valence-corrected chi connectivity index (χ2v) is 5.75. The highest BCUT2D eigenvalue weighted by molar-refractivity contribution is 5.38. The highest BCUT2D eigenvalue weighted by Crippen LogP contribution is 2.35. The molecule has 0 fully saturated rings. The van der Waals surface area contributed by atoms with Gasteiger partial charge in [-0.25, -0.2) is 0 Å². The van der Waals surface area contributed by atoms with Crippen molar-refractivity contribution in [1.82, 2.24) is 5.32 Å². The van der Waals surface area contributed by atoms with E-state index in [0.717, 1.165) is 13.0 Å². The second kappa shape index (κ2) is 7.42. The number of hydrogen-bond acceptors (Lipinski definition) is 1. The monoisotopic (exact) mass is 281 g/mol. The topological polar surface area (TPSA) is 12.0 Å². The summed E-state index contributed by atoms with van der Waals surface area (Å²) in [6.45, 7) is 9.91. The van der Waals surface area contributed by atoms with Crippen molar-refractivity contribution in [3.8, 4) is 0 Å². The summed E-state index contributed by atoms with van der Waals surface area (Å²) in [6.07, 6.45) is 1.13. The lowest BCUT2D eigenvalue weighted by atomic mass is 9.83. The predicted octanol–water partition coefficient (Wildman–Crippen LogP) is 5.15.